The van der Waals surface area contributed by atoms with Gasteiger partial charge in [-0.3, -0.25) is 4.98 Å². The molecule has 0 radical (unpaired) electrons. The molecule has 6 nitrogen and oxygen atoms in total. The zero-order valence-corrected chi connectivity index (χ0v) is 21.4. The van der Waals surface area contributed by atoms with E-state index in [9.17, 15) is 27.9 Å². The van der Waals surface area contributed by atoms with E-state index in [1.54, 1.807) is 13.8 Å². The van der Waals surface area contributed by atoms with Gasteiger partial charge in [0.15, 0.2) is 17.5 Å². The smallest absolute Gasteiger partial charge is 0.340 e. The number of aromatic nitrogens is 1. The van der Waals surface area contributed by atoms with E-state index >= 15 is 4.39 Å². The summed E-state index contributed by atoms with van der Waals surface area (Å²) < 4.78 is 76.1. The van der Waals surface area contributed by atoms with Crippen LogP contribution in [0.5, 0.6) is 0 Å². The summed E-state index contributed by atoms with van der Waals surface area (Å²) >= 11 is 0. The number of carbonyl (C=O) groups excluding carboxylic acids is 1. The Bertz CT molecular complexity index is 1630. The fourth-order valence-electron chi connectivity index (χ4n) is 4.45. The molecule has 0 N–H and O–H groups in total. The molecule has 0 bridgehead atoms. The number of benzene rings is 3. The minimum atomic E-state index is -1.78. The van der Waals surface area contributed by atoms with Crippen LogP contribution < -0.4 is 0 Å². The second kappa shape index (κ2) is 11.5. The fourth-order valence-corrected chi connectivity index (χ4v) is 4.45. The van der Waals surface area contributed by atoms with Crippen molar-refractivity contribution in [3.05, 3.63) is 123 Å². The number of hydrogen-bond donors (Lipinski definition) is 0. The van der Waals surface area contributed by atoms with Crippen molar-refractivity contribution in [3.63, 3.8) is 0 Å². The molecule has 204 valence electrons. The summed E-state index contributed by atoms with van der Waals surface area (Å²) in [4.78, 5) is 20.8. The molecular weight excluding hydrogens is 531 g/mol. The Morgan fingerprint density at radius 2 is 1.45 bits per heavy atom. The first kappa shape index (κ1) is 28.3. The maximum absolute atomic E-state index is 15.2. The second-order valence-corrected chi connectivity index (χ2v) is 9.04. The van der Waals surface area contributed by atoms with E-state index in [-0.39, 0.29) is 33.6 Å². The highest BCUT2D eigenvalue weighted by Gasteiger charge is 2.33. The van der Waals surface area contributed by atoms with Gasteiger partial charge in [-0.25, -0.2) is 26.7 Å². The molecule has 40 heavy (non-hydrogen) atoms. The predicted molar refractivity (Wildman–Crippen MR) is 138 cm³/mol. The van der Waals surface area contributed by atoms with Gasteiger partial charge in [0.05, 0.1) is 24.4 Å². The number of esters is 1. The van der Waals surface area contributed by atoms with E-state index in [1.807, 2.05) is 0 Å². The maximum atomic E-state index is 15.2. The molecule has 0 saturated heterocycles. The summed E-state index contributed by atoms with van der Waals surface area (Å²) in [6, 6.07) is 10.00. The molecule has 1 unspecified atom stereocenters. The first-order valence-electron chi connectivity index (χ1n) is 11.9. The largest absolute Gasteiger partial charge is 0.465 e. The van der Waals surface area contributed by atoms with Crippen molar-refractivity contribution < 1.29 is 31.5 Å². The molecule has 3 aromatic carbocycles. The third-order valence-electron chi connectivity index (χ3n) is 6.25. The Labute approximate surface area is 225 Å². The average Bonchev–Trinajstić information content (AvgIpc) is 2.94. The van der Waals surface area contributed by atoms with Crippen molar-refractivity contribution in [2.45, 2.75) is 25.8 Å². The maximum Gasteiger partial charge on any atom is 0.340 e. The van der Waals surface area contributed by atoms with Crippen molar-refractivity contribution in [1.82, 2.24) is 4.98 Å². The van der Waals surface area contributed by atoms with Crippen molar-refractivity contribution in [3.8, 4) is 22.4 Å². The zero-order chi connectivity index (χ0) is 29.1. The van der Waals surface area contributed by atoms with Crippen LogP contribution in [0.25, 0.3) is 32.8 Å². The normalized spacial score (nSPS) is 11.7. The summed E-state index contributed by atoms with van der Waals surface area (Å²) in [5.74, 6) is -7.35. The Morgan fingerprint density at radius 3 is 1.98 bits per heavy atom. The van der Waals surface area contributed by atoms with Crippen LogP contribution in [-0.2, 0) is 4.74 Å². The van der Waals surface area contributed by atoms with Gasteiger partial charge in [-0.15, -0.1) is 0 Å². The molecule has 4 rings (SSSR count). The number of rotatable bonds is 7. The van der Waals surface area contributed by atoms with Gasteiger partial charge in [0, 0.05) is 27.3 Å². The van der Waals surface area contributed by atoms with Gasteiger partial charge in [0.1, 0.15) is 11.6 Å². The number of nitrogens with zero attached hydrogens (tertiary/aromatic N) is 4. The van der Waals surface area contributed by atoms with Gasteiger partial charge in [-0.2, -0.15) is 0 Å². The highest BCUT2D eigenvalue weighted by atomic mass is 19.2. The van der Waals surface area contributed by atoms with Crippen molar-refractivity contribution >= 4 is 5.97 Å². The number of carbonyl (C=O) groups is 1. The van der Waals surface area contributed by atoms with Crippen molar-refractivity contribution in [1.29, 1.82) is 0 Å². The lowest BCUT2D eigenvalue weighted by Crippen LogP contribution is -2.17. The molecule has 1 aromatic heterocycles. The SMILES string of the molecule is COC(=O)c1c(-c2ccc(F)cc2)nc(C(C)C)c(C(N=[N+]=[N-])c2ccc(F)c(F)c2F)c1-c1ccc(F)cc1. The molecule has 0 aliphatic carbocycles. The van der Waals surface area contributed by atoms with E-state index in [1.165, 1.54) is 24.3 Å². The average molecular weight is 553 g/mol. The molecule has 0 fully saturated rings. The van der Waals surface area contributed by atoms with Crippen LogP contribution >= 0.6 is 0 Å². The molecular formula is C29H21F5N4O2. The number of hydrogen-bond acceptors (Lipinski definition) is 4. The third kappa shape index (κ3) is 5.23. The third-order valence-corrected chi connectivity index (χ3v) is 6.25. The minimum Gasteiger partial charge on any atom is -0.465 e. The van der Waals surface area contributed by atoms with Crippen LogP contribution in [0.4, 0.5) is 22.0 Å². The minimum absolute atomic E-state index is 0.00409. The van der Waals surface area contributed by atoms with E-state index < -0.39 is 52.6 Å². The topological polar surface area (TPSA) is 88.0 Å². The Kier molecular flexibility index (Phi) is 8.16. The molecule has 0 saturated carbocycles. The van der Waals surface area contributed by atoms with Crippen molar-refractivity contribution in [2.75, 3.05) is 7.11 Å². The summed E-state index contributed by atoms with van der Waals surface area (Å²) in [6.45, 7) is 3.45. The van der Waals surface area contributed by atoms with Gasteiger partial charge in [0.2, 0.25) is 0 Å². The zero-order valence-electron chi connectivity index (χ0n) is 21.4. The van der Waals surface area contributed by atoms with Gasteiger partial charge in [-0.05, 0) is 65.0 Å². The fraction of sp³-hybridized carbons (Fsp3) is 0.172. The molecule has 0 aliphatic rings. The Morgan fingerprint density at radius 1 is 0.875 bits per heavy atom. The molecule has 0 spiro atoms. The predicted octanol–water partition coefficient (Wildman–Crippen LogP) is 8.42. The summed E-state index contributed by atoms with van der Waals surface area (Å²) in [5.41, 5.74) is 9.59. The lowest BCUT2D eigenvalue weighted by molar-refractivity contribution is 0.0602. The highest BCUT2D eigenvalue weighted by Crippen LogP contribution is 2.45. The molecule has 1 heterocycles. The number of pyridine rings is 1. The van der Waals surface area contributed by atoms with Gasteiger partial charge < -0.3 is 4.74 Å². The summed E-state index contributed by atoms with van der Waals surface area (Å²) in [6.07, 6.45) is 0. The summed E-state index contributed by atoms with van der Waals surface area (Å²) in [5, 5.41) is 3.72. The number of halogens is 5. The molecule has 0 amide bonds. The van der Waals surface area contributed by atoms with Gasteiger partial charge in [-0.1, -0.05) is 37.2 Å². The van der Waals surface area contributed by atoms with E-state index in [0.29, 0.717) is 11.6 Å². The highest BCUT2D eigenvalue weighted by molar-refractivity contribution is 6.04. The Hall–Kier alpha value is -4.76. The summed E-state index contributed by atoms with van der Waals surface area (Å²) in [7, 11) is 1.11. The van der Waals surface area contributed by atoms with Gasteiger partial charge in [0.25, 0.3) is 0 Å². The van der Waals surface area contributed by atoms with Crippen LogP contribution in [0.1, 0.15) is 53.0 Å². The van der Waals surface area contributed by atoms with Crippen LogP contribution in [0.15, 0.2) is 65.8 Å². The van der Waals surface area contributed by atoms with Crippen LogP contribution in [0.2, 0.25) is 0 Å². The van der Waals surface area contributed by atoms with Crippen LogP contribution in [0.3, 0.4) is 0 Å². The number of methoxy groups -OCH3 is 1. The van der Waals surface area contributed by atoms with E-state index in [2.05, 4.69) is 15.0 Å². The quantitative estimate of drug-likeness (QED) is 0.0576. The monoisotopic (exact) mass is 552 g/mol. The van der Waals surface area contributed by atoms with Gasteiger partial charge >= 0.3 is 5.97 Å². The second-order valence-electron chi connectivity index (χ2n) is 9.04. The molecule has 4 aromatic rings. The number of ether oxygens (including phenoxy) is 1. The van der Waals surface area contributed by atoms with Crippen LogP contribution in [0, 0.1) is 29.1 Å². The first-order valence-corrected chi connectivity index (χ1v) is 11.9. The first-order chi connectivity index (χ1) is 19.1. The molecule has 11 heteroatoms. The lowest BCUT2D eigenvalue weighted by Gasteiger charge is -2.26. The Balaban J connectivity index is 2.26. The van der Waals surface area contributed by atoms with Crippen LogP contribution in [-0.4, -0.2) is 18.1 Å². The number of azide groups is 1. The lowest BCUT2D eigenvalue weighted by atomic mass is 9.83. The van der Waals surface area contributed by atoms with Crippen molar-refractivity contribution in [2.24, 2.45) is 5.11 Å². The molecule has 1 atom stereocenters. The van der Waals surface area contributed by atoms with E-state index in [4.69, 9.17) is 4.74 Å². The standard InChI is InChI=1S/C29H21F5N4O2/c1-14(2)26-22(28(37-38-35)19-12-13-20(32)25(34)24(19)33)21(15-4-8-17(30)9-5-15)23(29(39)40-3)27(36-26)16-6-10-18(31)11-7-16/h4-14,28H,1-3H3. The van der Waals surface area contributed by atoms with E-state index in [0.717, 1.165) is 37.4 Å². The molecule has 0 aliphatic heterocycles.